The minimum Gasteiger partial charge on any atom is -0.330 e. The summed E-state index contributed by atoms with van der Waals surface area (Å²) >= 11 is 3.56. The first kappa shape index (κ1) is 10.2. The van der Waals surface area contributed by atoms with Crippen LogP contribution in [0.2, 0.25) is 0 Å². The summed E-state index contributed by atoms with van der Waals surface area (Å²) < 4.78 is 1.21. The van der Waals surface area contributed by atoms with Crippen LogP contribution < -0.4 is 5.73 Å². The number of hydrogen-bond donors (Lipinski definition) is 1. The van der Waals surface area contributed by atoms with Crippen molar-refractivity contribution >= 4 is 15.9 Å². The van der Waals surface area contributed by atoms with Crippen molar-refractivity contribution in [1.82, 2.24) is 0 Å². The van der Waals surface area contributed by atoms with Crippen LogP contribution in [0.3, 0.4) is 0 Å². The molecule has 0 aromatic heterocycles. The normalized spacial score (nSPS) is 18.2. The Balaban J connectivity index is 2.21. The molecular weight excluding hydrogens is 238 g/mol. The van der Waals surface area contributed by atoms with Crippen molar-refractivity contribution in [2.45, 2.75) is 26.2 Å². The molecule has 0 aliphatic heterocycles. The molecule has 0 saturated heterocycles. The van der Waals surface area contributed by atoms with Crippen LogP contribution in [0.1, 0.15) is 24.0 Å². The van der Waals surface area contributed by atoms with E-state index >= 15 is 0 Å². The molecule has 0 bridgehead atoms. The van der Waals surface area contributed by atoms with Crippen LogP contribution in [-0.4, -0.2) is 6.54 Å². The first-order valence-electron chi connectivity index (χ1n) is 5.11. The summed E-state index contributed by atoms with van der Waals surface area (Å²) in [4.78, 5) is 0. The van der Waals surface area contributed by atoms with Gasteiger partial charge in [-0.2, -0.15) is 0 Å². The summed E-state index contributed by atoms with van der Waals surface area (Å²) in [5, 5.41) is 0. The molecule has 1 nitrogen and oxygen atoms in total. The van der Waals surface area contributed by atoms with Gasteiger partial charge in [0.2, 0.25) is 0 Å². The smallest absolute Gasteiger partial charge is 0.0207 e. The quantitative estimate of drug-likeness (QED) is 0.881. The summed E-state index contributed by atoms with van der Waals surface area (Å²) in [5.74, 6) is 0. The maximum absolute atomic E-state index is 5.79. The third kappa shape index (κ3) is 1.86. The molecule has 0 unspecified atom stereocenters. The Hall–Kier alpha value is -0.340. The molecule has 2 heteroatoms. The highest BCUT2D eigenvalue weighted by Gasteiger charge is 2.41. The van der Waals surface area contributed by atoms with Crippen LogP contribution in [0.25, 0.3) is 0 Å². The van der Waals surface area contributed by atoms with Crippen LogP contribution in [0.15, 0.2) is 22.7 Å². The lowest BCUT2D eigenvalue weighted by Gasteiger charge is -2.14. The van der Waals surface area contributed by atoms with Crippen LogP contribution in [0, 0.1) is 12.3 Å². The molecule has 2 rings (SSSR count). The van der Waals surface area contributed by atoms with E-state index in [1.165, 1.54) is 28.4 Å². The molecule has 1 aliphatic rings. The lowest BCUT2D eigenvalue weighted by molar-refractivity contribution is 0.519. The van der Waals surface area contributed by atoms with Crippen LogP contribution in [0.4, 0.5) is 0 Å². The summed E-state index contributed by atoms with van der Waals surface area (Å²) in [6.07, 6.45) is 3.75. The second-order valence-corrected chi connectivity index (χ2v) is 5.26. The summed E-state index contributed by atoms with van der Waals surface area (Å²) in [6, 6.07) is 6.43. The number of rotatable bonds is 3. The molecule has 2 N–H and O–H groups in total. The van der Waals surface area contributed by atoms with E-state index < -0.39 is 0 Å². The molecule has 1 saturated carbocycles. The van der Waals surface area contributed by atoms with Gasteiger partial charge in [0.25, 0.3) is 0 Å². The zero-order valence-corrected chi connectivity index (χ0v) is 10.1. The molecule has 0 radical (unpaired) electrons. The molecule has 0 heterocycles. The first-order valence-corrected chi connectivity index (χ1v) is 5.90. The Morgan fingerprint density at radius 2 is 2.14 bits per heavy atom. The Morgan fingerprint density at radius 1 is 1.43 bits per heavy atom. The fourth-order valence-electron chi connectivity index (χ4n) is 1.88. The van der Waals surface area contributed by atoms with Crippen LogP contribution in [0.5, 0.6) is 0 Å². The zero-order chi connectivity index (χ0) is 10.2. The van der Waals surface area contributed by atoms with E-state index in [9.17, 15) is 0 Å². The third-order valence-corrected chi connectivity index (χ3v) is 4.19. The van der Waals surface area contributed by atoms with Gasteiger partial charge in [-0.3, -0.25) is 0 Å². The third-order valence-electron chi connectivity index (χ3n) is 3.34. The predicted molar refractivity (Wildman–Crippen MR) is 63.3 cm³/mol. The van der Waals surface area contributed by atoms with Gasteiger partial charge in [-0.1, -0.05) is 28.1 Å². The summed E-state index contributed by atoms with van der Waals surface area (Å²) in [7, 11) is 0. The maximum Gasteiger partial charge on any atom is 0.0207 e. The fraction of sp³-hybridized carbons (Fsp3) is 0.500. The molecule has 1 aliphatic carbocycles. The second kappa shape index (κ2) is 3.67. The van der Waals surface area contributed by atoms with E-state index in [4.69, 9.17) is 5.73 Å². The van der Waals surface area contributed by atoms with Crippen molar-refractivity contribution in [2.24, 2.45) is 11.1 Å². The van der Waals surface area contributed by atoms with Gasteiger partial charge in [-0.15, -0.1) is 0 Å². The predicted octanol–water partition coefficient (Wildman–Crippen LogP) is 3.04. The topological polar surface area (TPSA) is 26.0 Å². The van der Waals surface area contributed by atoms with E-state index in [0.717, 1.165) is 13.0 Å². The highest BCUT2D eigenvalue weighted by atomic mass is 79.9. The summed E-state index contributed by atoms with van der Waals surface area (Å²) in [5.41, 5.74) is 9.04. The first-order chi connectivity index (χ1) is 6.67. The largest absolute Gasteiger partial charge is 0.330 e. The number of nitrogens with two attached hydrogens (primary N) is 1. The SMILES string of the molecule is Cc1c(Br)cccc1CC1(CN)CC1. The standard InChI is InChI=1S/C12H16BrN/c1-9-10(3-2-4-11(9)13)7-12(8-14)5-6-12/h2-4H,5-8,14H2,1H3. The van der Waals surface area contributed by atoms with E-state index in [2.05, 4.69) is 41.1 Å². The van der Waals surface area contributed by atoms with Gasteiger partial charge in [0.15, 0.2) is 0 Å². The van der Waals surface area contributed by atoms with Gasteiger partial charge in [0.05, 0.1) is 0 Å². The Labute approximate surface area is 93.8 Å². The van der Waals surface area contributed by atoms with Crippen molar-refractivity contribution < 1.29 is 0 Å². The molecule has 0 spiro atoms. The average Bonchev–Trinajstić information content (AvgIpc) is 2.94. The van der Waals surface area contributed by atoms with Crippen LogP contribution >= 0.6 is 15.9 Å². The van der Waals surface area contributed by atoms with Crippen molar-refractivity contribution in [1.29, 1.82) is 0 Å². The Kier molecular flexibility index (Phi) is 2.67. The van der Waals surface area contributed by atoms with E-state index in [0.29, 0.717) is 5.41 Å². The molecule has 1 fully saturated rings. The van der Waals surface area contributed by atoms with Gasteiger partial charge in [0, 0.05) is 4.47 Å². The molecule has 0 atom stereocenters. The summed E-state index contributed by atoms with van der Waals surface area (Å²) in [6.45, 7) is 3.00. The van der Waals surface area contributed by atoms with Crippen molar-refractivity contribution in [3.8, 4) is 0 Å². The molecular formula is C12H16BrN. The van der Waals surface area contributed by atoms with Gasteiger partial charge in [0.1, 0.15) is 0 Å². The minimum atomic E-state index is 0.436. The van der Waals surface area contributed by atoms with Crippen molar-refractivity contribution in [3.05, 3.63) is 33.8 Å². The van der Waals surface area contributed by atoms with Gasteiger partial charge >= 0.3 is 0 Å². The highest BCUT2D eigenvalue weighted by Crippen LogP contribution is 2.47. The van der Waals surface area contributed by atoms with Gasteiger partial charge in [-0.25, -0.2) is 0 Å². The van der Waals surface area contributed by atoms with E-state index in [-0.39, 0.29) is 0 Å². The maximum atomic E-state index is 5.79. The molecule has 0 amide bonds. The number of halogens is 1. The zero-order valence-electron chi connectivity index (χ0n) is 8.52. The van der Waals surface area contributed by atoms with Crippen molar-refractivity contribution in [2.75, 3.05) is 6.54 Å². The van der Waals surface area contributed by atoms with E-state index in [1.54, 1.807) is 0 Å². The lowest BCUT2D eigenvalue weighted by Crippen LogP contribution is -2.18. The average molecular weight is 254 g/mol. The van der Waals surface area contributed by atoms with Crippen LogP contribution in [-0.2, 0) is 6.42 Å². The molecule has 14 heavy (non-hydrogen) atoms. The number of hydrogen-bond acceptors (Lipinski definition) is 1. The van der Waals surface area contributed by atoms with Gasteiger partial charge < -0.3 is 5.73 Å². The molecule has 76 valence electrons. The Bertz CT molecular complexity index is 342. The second-order valence-electron chi connectivity index (χ2n) is 4.40. The van der Waals surface area contributed by atoms with Crippen molar-refractivity contribution in [3.63, 3.8) is 0 Å². The number of benzene rings is 1. The molecule has 1 aromatic carbocycles. The monoisotopic (exact) mass is 253 g/mol. The fourth-order valence-corrected chi connectivity index (χ4v) is 2.28. The van der Waals surface area contributed by atoms with E-state index in [1.807, 2.05) is 0 Å². The highest BCUT2D eigenvalue weighted by molar-refractivity contribution is 9.10. The lowest BCUT2D eigenvalue weighted by atomic mass is 9.94. The minimum absolute atomic E-state index is 0.436. The Morgan fingerprint density at radius 3 is 2.71 bits per heavy atom. The van der Waals surface area contributed by atoms with Gasteiger partial charge in [-0.05, 0) is 55.3 Å². The molecule has 1 aromatic rings.